The SMILES string of the molecule is C=CN/C=C/CCC(C)C1=CC(C)=C(C(=C)CC)C(=C)C1. The molecule has 0 radical (unpaired) electrons. The summed E-state index contributed by atoms with van der Waals surface area (Å²) in [5, 5.41) is 2.98. The summed E-state index contributed by atoms with van der Waals surface area (Å²) in [5.41, 5.74) is 6.55. The van der Waals surface area contributed by atoms with Gasteiger partial charge in [-0.3, -0.25) is 0 Å². The van der Waals surface area contributed by atoms with Gasteiger partial charge in [0, 0.05) is 0 Å². The highest BCUT2D eigenvalue weighted by atomic mass is 14.8. The first-order chi connectivity index (χ1) is 10.0. The third-order valence-corrected chi connectivity index (χ3v) is 4.08. The Kier molecular flexibility index (Phi) is 7.01. The highest BCUT2D eigenvalue weighted by molar-refractivity contribution is 5.55. The van der Waals surface area contributed by atoms with Gasteiger partial charge in [0.1, 0.15) is 0 Å². The minimum absolute atomic E-state index is 0.585. The zero-order valence-electron chi connectivity index (χ0n) is 13.8. The standard InChI is InChI=1S/C20H29N/c1-7-15(3)20-17(5)13-19(14-18(20)6)16(4)11-9-10-12-21-8-2/h8,10,12,14,16,21H,2-3,5,7,9,11,13H2,1,4,6H3/b12-10+. The molecule has 1 atom stereocenters. The number of hydrogen-bond donors (Lipinski definition) is 1. The molecule has 1 heteroatoms. The van der Waals surface area contributed by atoms with E-state index in [0.717, 1.165) is 25.7 Å². The first kappa shape index (κ1) is 17.3. The van der Waals surface area contributed by atoms with E-state index in [0.29, 0.717) is 5.92 Å². The lowest BCUT2D eigenvalue weighted by molar-refractivity contribution is 0.604. The summed E-state index contributed by atoms with van der Waals surface area (Å²) in [6.45, 7) is 18.7. The molecule has 1 rings (SSSR count). The second kappa shape index (κ2) is 8.51. The Hall–Kier alpha value is -1.76. The number of allylic oxidation sites excluding steroid dienone is 7. The number of hydrogen-bond acceptors (Lipinski definition) is 1. The van der Waals surface area contributed by atoms with E-state index < -0.39 is 0 Å². The molecule has 0 fully saturated rings. The van der Waals surface area contributed by atoms with Crippen molar-refractivity contribution in [3.8, 4) is 0 Å². The summed E-state index contributed by atoms with van der Waals surface area (Å²) in [4.78, 5) is 0. The topological polar surface area (TPSA) is 12.0 Å². The molecule has 114 valence electrons. The fraction of sp³-hybridized carbons (Fsp3) is 0.400. The molecule has 1 unspecified atom stereocenters. The van der Waals surface area contributed by atoms with E-state index in [1.165, 1.54) is 27.9 Å². The minimum Gasteiger partial charge on any atom is -0.369 e. The Morgan fingerprint density at radius 2 is 2.19 bits per heavy atom. The number of rotatable bonds is 8. The molecule has 1 nitrogen and oxygen atoms in total. The third-order valence-electron chi connectivity index (χ3n) is 4.08. The van der Waals surface area contributed by atoms with Gasteiger partial charge in [0.05, 0.1) is 0 Å². The van der Waals surface area contributed by atoms with E-state index in [-0.39, 0.29) is 0 Å². The lowest BCUT2D eigenvalue weighted by atomic mass is 9.80. The summed E-state index contributed by atoms with van der Waals surface area (Å²) in [6.07, 6.45) is 12.3. The Bertz CT molecular complexity index is 500. The first-order valence-electron chi connectivity index (χ1n) is 7.80. The largest absolute Gasteiger partial charge is 0.369 e. The minimum atomic E-state index is 0.585. The molecule has 0 heterocycles. The second-order valence-electron chi connectivity index (χ2n) is 5.77. The lowest BCUT2D eigenvalue weighted by Crippen LogP contribution is -2.08. The molecule has 21 heavy (non-hydrogen) atoms. The molecule has 1 aliphatic rings. The van der Waals surface area contributed by atoms with E-state index in [1.807, 2.05) is 6.20 Å². The van der Waals surface area contributed by atoms with Crippen LogP contribution in [0.25, 0.3) is 0 Å². The molecule has 0 amide bonds. The van der Waals surface area contributed by atoms with Crippen LogP contribution >= 0.6 is 0 Å². The molecule has 1 aliphatic carbocycles. The maximum atomic E-state index is 4.27. The summed E-state index contributed by atoms with van der Waals surface area (Å²) in [6, 6.07) is 0. The van der Waals surface area contributed by atoms with Crippen LogP contribution in [0.15, 0.2) is 72.2 Å². The predicted octanol–water partition coefficient (Wildman–Crippen LogP) is 5.82. The fourth-order valence-electron chi connectivity index (χ4n) is 2.79. The molecule has 0 saturated carbocycles. The van der Waals surface area contributed by atoms with Crippen LogP contribution in [0.4, 0.5) is 0 Å². The predicted molar refractivity (Wildman–Crippen MR) is 94.8 cm³/mol. The Labute approximate surface area is 130 Å². The van der Waals surface area contributed by atoms with Crippen LogP contribution in [-0.4, -0.2) is 0 Å². The molecule has 1 N–H and O–H groups in total. The number of nitrogens with one attached hydrogen (secondary N) is 1. The quantitative estimate of drug-likeness (QED) is 0.592. The van der Waals surface area contributed by atoms with Crippen LogP contribution in [0.5, 0.6) is 0 Å². The summed E-state index contributed by atoms with van der Waals surface area (Å²) < 4.78 is 0. The van der Waals surface area contributed by atoms with Crippen molar-refractivity contribution >= 4 is 0 Å². The summed E-state index contributed by atoms with van der Waals surface area (Å²) in [5.74, 6) is 0.585. The maximum absolute atomic E-state index is 4.27. The van der Waals surface area contributed by atoms with Crippen molar-refractivity contribution in [1.29, 1.82) is 0 Å². The Morgan fingerprint density at radius 3 is 2.76 bits per heavy atom. The molecule has 0 aliphatic heterocycles. The van der Waals surface area contributed by atoms with Gasteiger partial charge in [-0.05, 0) is 73.2 Å². The van der Waals surface area contributed by atoms with Crippen LogP contribution in [0.2, 0.25) is 0 Å². The zero-order valence-corrected chi connectivity index (χ0v) is 13.8. The lowest BCUT2D eigenvalue weighted by Gasteiger charge is -2.25. The van der Waals surface area contributed by atoms with E-state index in [2.05, 4.69) is 58.0 Å². The van der Waals surface area contributed by atoms with Crippen molar-refractivity contribution < 1.29 is 0 Å². The smallest absolute Gasteiger partial charge is 0.00359 e. The van der Waals surface area contributed by atoms with Gasteiger partial charge < -0.3 is 5.32 Å². The molecular weight excluding hydrogens is 254 g/mol. The third kappa shape index (κ3) is 4.93. The van der Waals surface area contributed by atoms with Gasteiger partial charge in [0.2, 0.25) is 0 Å². The van der Waals surface area contributed by atoms with E-state index >= 15 is 0 Å². The van der Waals surface area contributed by atoms with Gasteiger partial charge in [0.15, 0.2) is 0 Å². The van der Waals surface area contributed by atoms with Crippen molar-refractivity contribution in [1.82, 2.24) is 5.32 Å². The van der Waals surface area contributed by atoms with E-state index in [9.17, 15) is 0 Å². The monoisotopic (exact) mass is 283 g/mol. The van der Waals surface area contributed by atoms with Crippen molar-refractivity contribution in [3.63, 3.8) is 0 Å². The van der Waals surface area contributed by atoms with Crippen molar-refractivity contribution in [2.45, 2.75) is 46.5 Å². The van der Waals surface area contributed by atoms with Crippen LogP contribution in [-0.2, 0) is 0 Å². The second-order valence-corrected chi connectivity index (χ2v) is 5.77. The first-order valence-corrected chi connectivity index (χ1v) is 7.80. The molecule has 0 saturated heterocycles. The van der Waals surface area contributed by atoms with E-state index in [1.54, 1.807) is 6.20 Å². The molecule has 0 aromatic rings. The Morgan fingerprint density at radius 1 is 1.48 bits per heavy atom. The normalized spacial score (nSPS) is 16.9. The highest BCUT2D eigenvalue weighted by Crippen LogP contribution is 2.36. The Balaban J connectivity index is 2.72. The highest BCUT2D eigenvalue weighted by Gasteiger charge is 2.19. The van der Waals surface area contributed by atoms with E-state index in [4.69, 9.17) is 0 Å². The molecular formula is C20H29N. The van der Waals surface area contributed by atoms with Crippen molar-refractivity contribution in [2.24, 2.45) is 5.92 Å². The van der Waals surface area contributed by atoms with Gasteiger partial charge in [-0.2, -0.15) is 0 Å². The zero-order chi connectivity index (χ0) is 15.8. The fourth-order valence-corrected chi connectivity index (χ4v) is 2.79. The van der Waals surface area contributed by atoms with Gasteiger partial charge in [-0.15, -0.1) is 0 Å². The van der Waals surface area contributed by atoms with Gasteiger partial charge in [0.25, 0.3) is 0 Å². The molecule has 0 aromatic heterocycles. The summed E-state index contributed by atoms with van der Waals surface area (Å²) >= 11 is 0. The maximum Gasteiger partial charge on any atom is -0.00359 e. The van der Waals surface area contributed by atoms with Crippen LogP contribution in [0.3, 0.4) is 0 Å². The average molecular weight is 283 g/mol. The summed E-state index contributed by atoms with van der Waals surface area (Å²) in [7, 11) is 0. The van der Waals surface area contributed by atoms with Crippen LogP contribution in [0, 0.1) is 5.92 Å². The van der Waals surface area contributed by atoms with Gasteiger partial charge in [-0.25, -0.2) is 0 Å². The van der Waals surface area contributed by atoms with Crippen molar-refractivity contribution in [3.05, 3.63) is 72.2 Å². The molecule has 0 spiro atoms. The van der Waals surface area contributed by atoms with Crippen molar-refractivity contribution in [2.75, 3.05) is 0 Å². The van der Waals surface area contributed by atoms with Crippen LogP contribution in [0.1, 0.15) is 46.5 Å². The van der Waals surface area contributed by atoms with Crippen LogP contribution < -0.4 is 5.32 Å². The molecule has 0 aromatic carbocycles. The van der Waals surface area contributed by atoms with Gasteiger partial charge in [-0.1, -0.05) is 51.3 Å². The van der Waals surface area contributed by atoms with Gasteiger partial charge >= 0.3 is 0 Å². The average Bonchev–Trinajstić information content (AvgIpc) is 2.45. The molecule has 0 bridgehead atoms.